The number of benzene rings is 2. The number of aryl methyl sites for hydroxylation is 1. The fourth-order valence-electron chi connectivity index (χ4n) is 2.76. The highest BCUT2D eigenvalue weighted by Crippen LogP contribution is 2.28. The molecule has 0 saturated heterocycles. The molecule has 4 rings (SSSR count). The second-order valence-electron chi connectivity index (χ2n) is 6.59. The molecule has 0 spiro atoms. The Bertz CT molecular complexity index is 1210. The van der Waals surface area contributed by atoms with E-state index >= 15 is 0 Å². The van der Waals surface area contributed by atoms with Gasteiger partial charge in [0.05, 0.1) is 27.5 Å². The van der Waals surface area contributed by atoms with Gasteiger partial charge in [0.25, 0.3) is 11.8 Å². The van der Waals surface area contributed by atoms with Crippen LogP contribution < -0.4 is 10.6 Å². The Kier molecular flexibility index (Phi) is 6.00. The standard InChI is InChI=1S/C23H18N4O3S/c1-15-14-20(25-22(28)19-8-5-13-30-19)31-21(15)23(29)24-16-9-11-18(12-10-16)27-26-17-6-3-2-4-7-17/h2-14H,1H3,(H,24,29)(H,25,28). The van der Waals surface area contributed by atoms with Crippen molar-refractivity contribution in [3.8, 4) is 0 Å². The van der Waals surface area contributed by atoms with Crippen LogP contribution in [0.25, 0.3) is 0 Å². The number of carbonyl (C=O) groups is 2. The zero-order chi connectivity index (χ0) is 21.6. The number of anilines is 2. The maximum atomic E-state index is 12.7. The van der Waals surface area contributed by atoms with Crippen molar-refractivity contribution >= 4 is 45.2 Å². The normalized spacial score (nSPS) is 10.9. The second-order valence-corrected chi connectivity index (χ2v) is 7.64. The molecule has 0 aliphatic rings. The van der Waals surface area contributed by atoms with E-state index in [2.05, 4.69) is 20.9 Å². The molecule has 0 saturated carbocycles. The summed E-state index contributed by atoms with van der Waals surface area (Å²) in [6.45, 7) is 1.82. The van der Waals surface area contributed by atoms with Crippen molar-refractivity contribution in [2.75, 3.05) is 10.6 Å². The highest BCUT2D eigenvalue weighted by atomic mass is 32.1. The van der Waals surface area contributed by atoms with Crippen molar-refractivity contribution in [2.24, 2.45) is 10.2 Å². The first kappa shape index (κ1) is 20.2. The molecule has 0 bridgehead atoms. The zero-order valence-electron chi connectivity index (χ0n) is 16.5. The number of amides is 2. The van der Waals surface area contributed by atoms with Crippen molar-refractivity contribution < 1.29 is 14.0 Å². The van der Waals surface area contributed by atoms with E-state index in [0.717, 1.165) is 11.3 Å². The summed E-state index contributed by atoms with van der Waals surface area (Å²) in [5.41, 5.74) is 2.85. The van der Waals surface area contributed by atoms with E-state index < -0.39 is 0 Å². The molecule has 4 aromatic rings. The van der Waals surface area contributed by atoms with Gasteiger partial charge in [-0.3, -0.25) is 9.59 Å². The summed E-state index contributed by atoms with van der Waals surface area (Å²) in [7, 11) is 0. The Morgan fingerprint density at radius 1 is 0.839 bits per heavy atom. The van der Waals surface area contributed by atoms with Gasteiger partial charge in [-0.15, -0.1) is 11.3 Å². The average molecular weight is 430 g/mol. The maximum absolute atomic E-state index is 12.7. The number of furan rings is 1. The molecule has 2 amide bonds. The molecular formula is C23H18N4O3S. The number of hydrogen-bond donors (Lipinski definition) is 2. The molecule has 0 aliphatic heterocycles. The fourth-order valence-corrected chi connectivity index (χ4v) is 3.72. The highest BCUT2D eigenvalue weighted by Gasteiger charge is 2.16. The van der Waals surface area contributed by atoms with Crippen molar-refractivity contribution in [1.82, 2.24) is 0 Å². The number of rotatable bonds is 6. The molecule has 2 N–H and O–H groups in total. The lowest BCUT2D eigenvalue weighted by Gasteiger charge is -2.04. The van der Waals surface area contributed by atoms with Crippen LogP contribution in [0.5, 0.6) is 0 Å². The van der Waals surface area contributed by atoms with Gasteiger partial charge in [0.2, 0.25) is 0 Å². The van der Waals surface area contributed by atoms with Gasteiger partial charge in [-0.1, -0.05) is 18.2 Å². The Hall–Kier alpha value is -4.04. The lowest BCUT2D eigenvalue weighted by molar-refractivity contribution is 0.0995. The highest BCUT2D eigenvalue weighted by molar-refractivity contribution is 7.18. The SMILES string of the molecule is Cc1cc(NC(=O)c2ccco2)sc1C(=O)Nc1ccc(N=Nc2ccccc2)cc1. The van der Waals surface area contributed by atoms with Gasteiger partial charge in [-0.2, -0.15) is 10.2 Å². The predicted octanol–water partition coefficient (Wildman–Crippen LogP) is 6.57. The summed E-state index contributed by atoms with van der Waals surface area (Å²) in [4.78, 5) is 25.3. The molecule has 0 radical (unpaired) electrons. The quantitative estimate of drug-likeness (QED) is 0.339. The van der Waals surface area contributed by atoms with Gasteiger partial charge in [0.15, 0.2) is 5.76 Å². The predicted molar refractivity (Wildman–Crippen MR) is 121 cm³/mol. The molecule has 154 valence electrons. The number of thiophene rings is 1. The molecule has 31 heavy (non-hydrogen) atoms. The van der Waals surface area contributed by atoms with Crippen LogP contribution in [-0.2, 0) is 0 Å². The second kappa shape index (κ2) is 9.19. The molecule has 2 aromatic carbocycles. The third-order valence-electron chi connectivity index (χ3n) is 4.27. The number of azo groups is 1. The summed E-state index contributed by atoms with van der Waals surface area (Å²) in [5, 5.41) is 14.5. The third-order valence-corrected chi connectivity index (χ3v) is 5.42. The van der Waals surface area contributed by atoms with Crippen LogP contribution in [0, 0.1) is 6.92 Å². The first-order valence-electron chi connectivity index (χ1n) is 9.42. The van der Waals surface area contributed by atoms with E-state index in [1.807, 2.05) is 37.3 Å². The van der Waals surface area contributed by atoms with E-state index in [9.17, 15) is 9.59 Å². The first-order valence-corrected chi connectivity index (χ1v) is 10.2. The molecule has 2 aromatic heterocycles. The molecule has 0 unspecified atom stereocenters. The minimum atomic E-state index is -0.363. The van der Waals surface area contributed by atoms with Crippen LogP contribution >= 0.6 is 11.3 Å². The molecule has 0 aliphatic carbocycles. The molecule has 8 heteroatoms. The lowest BCUT2D eigenvalue weighted by atomic mass is 10.2. The van der Waals surface area contributed by atoms with Crippen LogP contribution in [0.4, 0.5) is 22.1 Å². The smallest absolute Gasteiger partial charge is 0.291 e. The monoisotopic (exact) mass is 430 g/mol. The van der Waals surface area contributed by atoms with Crippen LogP contribution in [0.15, 0.2) is 93.7 Å². The first-order chi connectivity index (χ1) is 15.1. The Balaban J connectivity index is 1.39. The zero-order valence-corrected chi connectivity index (χ0v) is 17.3. The van der Waals surface area contributed by atoms with Gasteiger partial charge in [0.1, 0.15) is 0 Å². The third kappa shape index (κ3) is 5.12. The van der Waals surface area contributed by atoms with Gasteiger partial charge in [-0.25, -0.2) is 0 Å². The van der Waals surface area contributed by atoms with Crippen LogP contribution in [-0.4, -0.2) is 11.8 Å². The molecule has 2 heterocycles. The summed E-state index contributed by atoms with van der Waals surface area (Å²) in [6.07, 6.45) is 1.43. The number of nitrogens with one attached hydrogen (secondary N) is 2. The largest absolute Gasteiger partial charge is 0.459 e. The summed E-state index contributed by atoms with van der Waals surface area (Å²) in [6, 6.07) is 21.5. The van der Waals surface area contributed by atoms with Crippen LogP contribution in [0.2, 0.25) is 0 Å². The average Bonchev–Trinajstić information content (AvgIpc) is 3.44. The fraction of sp³-hybridized carbons (Fsp3) is 0.0435. The Labute approximate surface area is 182 Å². The van der Waals surface area contributed by atoms with Crippen LogP contribution in [0.3, 0.4) is 0 Å². The minimum absolute atomic E-state index is 0.210. The lowest BCUT2D eigenvalue weighted by Crippen LogP contribution is -2.11. The van der Waals surface area contributed by atoms with Crippen LogP contribution in [0.1, 0.15) is 25.8 Å². The van der Waals surface area contributed by atoms with Crippen molar-refractivity contribution in [3.05, 3.63) is 95.3 Å². The number of hydrogen-bond acceptors (Lipinski definition) is 6. The molecule has 0 fully saturated rings. The van der Waals surface area contributed by atoms with Gasteiger partial charge < -0.3 is 15.1 Å². The topological polar surface area (TPSA) is 96.1 Å². The number of nitrogens with zero attached hydrogens (tertiary/aromatic N) is 2. The Morgan fingerprint density at radius 3 is 2.23 bits per heavy atom. The summed E-state index contributed by atoms with van der Waals surface area (Å²) < 4.78 is 5.08. The molecular weight excluding hydrogens is 412 g/mol. The summed E-state index contributed by atoms with van der Waals surface area (Å²) >= 11 is 1.20. The van der Waals surface area contributed by atoms with Gasteiger partial charge in [-0.05, 0) is 67.1 Å². The van der Waals surface area contributed by atoms with Crippen molar-refractivity contribution in [2.45, 2.75) is 6.92 Å². The van der Waals surface area contributed by atoms with E-state index in [-0.39, 0.29) is 17.6 Å². The van der Waals surface area contributed by atoms with Crippen molar-refractivity contribution in [1.29, 1.82) is 0 Å². The van der Waals surface area contributed by atoms with Gasteiger partial charge >= 0.3 is 0 Å². The molecule has 0 atom stereocenters. The minimum Gasteiger partial charge on any atom is -0.459 e. The molecule has 7 nitrogen and oxygen atoms in total. The van der Waals surface area contributed by atoms with E-state index in [0.29, 0.717) is 21.3 Å². The van der Waals surface area contributed by atoms with Gasteiger partial charge in [0, 0.05) is 5.69 Å². The maximum Gasteiger partial charge on any atom is 0.291 e. The van der Waals surface area contributed by atoms with Crippen molar-refractivity contribution in [3.63, 3.8) is 0 Å². The van der Waals surface area contributed by atoms with E-state index in [1.54, 1.807) is 42.5 Å². The Morgan fingerprint density at radius 2 is 1.55 bits per heavy atom. The summed E-state index contributed by atoms with van der Waals surface area (Å²) in [5.74, 6) is -0.403. The van der Waals surface area contributed by atoms with E-state index in [1.165, 1.54) is 17.6 Å². The number of carbonyl (C=O) groups excluding carboxylic acids is 2. The van der Waals surface area contributed by atoms with E-state index in [4.69, 9.17) is 4.42 Å².